The van der Waals surface area contributed by atoms with Crippen molar-refractivity contribution in [3.63, 3.8) is 0 Å². The van der Waals surface area contributed by atoms with Gasteiger partial charge < -0.3 is 4.90 Å². The fourth-order valence-corrected chi connectivity index (χ4v) is 3.22. The van der Waals surface area contributed by atoms with Crippen LogP contribution in [0.4, 0.5) is 10.8 Å². The number of nitrogens with one attached hydrogen (secondary N) is 1. The molecule has 1 aliphatic rings. The summed E-state index contributed by atoms with van der Waals surface area (Å²) in [6, 6.07) is 9.93. The molecule has 2 aromatic rings. The maximum atomic E-state index is 12.1. The van der Waals surface area contributed by atoms with Crippen molar-refractivity contribution in [2.45, 2.75) is 19.3 Å². The minimum atomic E-state index is -0.437. The number of hydrogen-bond donors (Lipinski definition) is 1. The third-order valence-electron chi connectivity index (χ3n) is 3.94. The highest BCUT2D eigenvalue weighted by Gasteiger charge is 2.12. The quantitative estimate of drug-likeness (QED) is 0.682. The molecule has 0 unspecified atom stereocenters. The molecular formula is C18H18N4OS. The summed E-state index contributed by atoms with van der Waals surface area (Å²) in [6.45, 7) is 2.18. The molecule has 0 aliphatic carbocycles. The smallest absolute Gasteiger partial charge is 0.268 e. The molecule has 122 valence electrons. The number of aromatic nitrogens is 1. The molecule has 3 rings (SSSR count). The van der Waals surface area contributed by atoms with Gasteiger partial charge >= 0.3 is 0 Å². The van der Waals surface area contributed by atoms with Crippen LogP contribution in [-0.4, -0.2) is 24.0 Å². The normalized spacial score (nSPS) is 15.0. The molecule has 0 spiro atoms. The molecule has 5 nitrogen and oxygen atoms in total. The second-order valence-electron chi connectivity index (χ2n) is 5.60. The molecule has 0 bridgehead atoms. The molecule has 0 radical (unpaired) electrons. The molecule has 1 saturated heterocycles. The van der Waals surface area contributed by atoms with Crippen molar-refractivity contribution >= 4 is 34.1 Å². The van der Waals surface area contributed by atoms with Crippen molar-refractivity contribution in [3.8, 4) is 6.07 Å². The molecule has 24 heavy (non-hydrogen) atoms. The average Bonchev–Trinajstić information content (AvgIpc) is 3.14. The number of rotatable bonds is 4. The van der Waals surface area contributed by atoms with E-state index < -0.39 is 5.91 Å². The van der Waals surface area contributed by atoms with Gasteiger partial charge in [0.1, 0.15) is 11.6 Å². The number of carbonyl (C=O) groups is 1. The van der Waals surface area contributed by atoms with E-state index in [0.29, 0.717) is 5.13 Å². The standard InChI is InChI=1S/C18H18N4OS/c19-13-15(17(23)21-18-20-8-11-24-18)12-14-4-6-16(7-5-14)22-9-2-1-3-10-22/h4-8,11-12H,1-3,9-10H2,(H,20,21,23)/b15-12+. The first-order valence-corrected chi connectivity index (χ1v) is 8.82. The van der Waals surface area contributed by atoms with Gasteiger partial charge in [-0.1, -0.05) is 12.1 Å². The minimum absolute atomic E-state index is 0.0657. The lowest BCUT2D eigenvalue weighted by Gasteiger charge is -2.28. The number of benzene rings is 1. The summed E-state index contributed by atoms with van der Waals surface area (Å²) in [5.74, 6) is -0.437. The molecular weight excluding hydrogens is 320 g/mol. The van der Waals surface area contributed by atoms with E-state index >= 15 is 0 Å². The van der Waals surface area contributed by atoms with Crippen molar-refractivity contribution in [2.24, 2.45) is 0 Å². The van der Waals surface area contributed by atoms with E-state index in [4.69, 9.17) is 0 Å². The Balaban J connectivity index is 1.71. The minimum Gasteiger partial charge on any atom is -0.372 e. The number of carbonyl (C=O) groups excluding carboxylic acids is 1. The van der Waals surface area contributed by atoms with E-state index in [1.165, 1.54) is 36.3 Å². The zero-order chi connectivity index (χ0) is 16.8. The van der Waals surface area contributed by atoms with Gasteiger partial charge in [0, 0.05) is 30.4 Å². The van der Waals surface area contributed by atoms with E-state index in [-0.39, 0.29) is 5.57 Å². The molecule has 2 heterocycles. The van der Waals surface area contributed by atoms with Gasteiger partial charge in [-0.25, -0.2) is 4.98 Å². The van der Waals surface area contributed by atoms with Crippen LogP contribution in [0.15, 0.2) is 41.4 Å². The van der Waals surface area contributed by atoms with Crippen LogP contribution < -0.4 is 10.2 Å². The third kappa shape index (κ3) is 4.00. The summed E-state index contributed by atoms with van der Waals surface area (Å²) in [5, 5.41) is 14.1. The lowest BCUT2D eigenvalue weighted by Crippen LogP contribution is -2.29. The van der Waals surface area contributed by atoms with E-state index in [1.54, 1.807) is 17.7 Å². The topological polar surface area (TPSA) is 69.0 Å². The van der Waals surface area contributed by atoms with E-state index in [0.717, 1.165) is 18.7 Å². The second kappa shape index (κ2) is 7.75. The first-order valence-electron chi connectivity index (χ1n) is 7.94. The molecule has 1 aromatic heterocycles. The van der Waals surface area contributed by atoms with Crippen molar-refractivity contribution in [1.82, 2.24) is 4.98 Å². The highest BCUT2D eigenvalue weighted by molar-refractivity contribution is 7.13. The Morgan fingerprint density at radius 1 is 1.25 bits per heavy atom. The zero-order valence-electron chi connectivity index (χ0n) is 13.2. The fourth-order valence-electron chi connectivity index (χ4n) is 2.70. The highest BCUT2D eigenvalue weighted by Crippen LogP contribution is 2.21. The number of anilines is 2. The van der Waals surface area contributed by atoms with Gasteiger partial charge in [0.2, 0.25) is 0 Å². The predicted molar refractivity (Wildman–Crippen MR) is 96.8 cm³/mol. The Kier molecular flexibility index (Phi) is 5.24. The Bertz CT molecular complexity index is 753. The van der Waals surface area contributed by atoms with Crippen LogP contribution in [0.5, 0.6) is 0 Å². The summed E-state index contributed by atoms with van der Waals surface area (Å²) in [4.78, 5) is 18.5. The molecule has 0 atom stereocenters. The summed E-state index contributed by atoms with van der Waals surface area (Å²) in [6.07, 6.45) is 6.98. The predicted octanol–water partition coefficient (Wildman–Crippen LogP) is 3.68. The number of nitrogens with zero attached hydrogens (tertiary/aromatic N) is 3. The number of hydrogen-bond acceptors (Lipinski definition) is 5. The molecule has 1 amide bonds. The van der Waals surface area contributed by atoms with Crippen LogP contribution in [0.2, 0.25) is 0 Å². The Hall–Kier alpha value is -2.65. The van der Waals surface area contributed by atoms with Gasteiger partial charge in [-0.2, -0.15) is 5.26 Å². The van der Waals surface area contributed by atoms with Crippen LogP contribution in [0.1, 0.15) is 24.8 Å². The van der Waals surface area contributed by atoms with E-state index in [2.05, 4.69) is 15.2 Å². The maximum Gasteiger partial charge on any atom is 0.268 e. The molecule has 1 aromatic carbocycles. The number of thiazole rings is 1. The number of piperidine rings is 1. The average molecular weight is 338 g/mol. The molecule has 6 heteroatoms. The van der Waals surface area contributed by atoms with Crippen LogP contribution in [0, 0.1) is 11.3 Å². The number of amides is 1. The summed E-state index contributed by atoms with van der Waals surface area (Å²) >= 11 is 1.32. The molecule has 1 aliphatic heterocycles. The van der Waals surface area contributed by atoms with Crippen molar-refractivity contribution in [3.05, 3.63) is 47.0 Å². The maximum absolute atomic E-state index is 12.1. The lowest BCUT2D eigenvalue weighted by atomic mass is 10.1. The third-order valence-corrected chi connectivity index (χ3v) is 4.63. The fraction of sp³-hybridized carbons (Fsp3) is 0.278. The summed E-state index contributed by atoms with van der Waals surface area (Å²) < 4.78 is 0. The Morgan fingerprint density at radius 2 is 2.00 bits per heavy atom. The van der Waals surface area contributed by atoms with Crippen LogP contribution in [-0.2, 0) is 4.79 Å². The van der Waals surface area contributed by atoms with Gasteiger partial charge in [-0.05, 0) is 43.0 Å². The first kappa shape index (κ1) is 16.2. The number of nitriles is 1. The van der Waals surface area contributed by atoms with Crippen molar-refractivity contribution in [1.29, 1.82) is 5.26 Å². The second-order valence-corrected chi connectivity index (χ2v) is 6.50. The van der Waals surface area contributed by atoms with Gasteiger partial charge in [-0.3, -0.25) is 10.1 Å². The molecule has 1 fully saturated rings. The van der Waals surface area contributed by atoms with Crippen LogP contribution >= 0.6 is 11.3 Å². The van der Waals surface area contributed by atoms with Gasteiger partial charge in [0.25, 0.3) is 5.91 Å². The zero-order valence-corrected chi connectivity index (χ0v) is 14.1. The Morgan fingerprint density at radius 3 is 2.62 bits per heavy atom. The first-order chi connectivity index (χ1) is 11.8. The summed E-state index contributed by atoms with van der Waals surface area (Å²) in [5.41, 5.74) is 2.09. The van der Waals surface area contributed by atoms with Gasteiger partial charge in [0.15, 0.2) is 5.13 Å². The Labute approximate surface area is 145 Å². The SMILES string of the molecule is N#C/C(=C\c1ccc(N2CCCCC2)cc1)C(=O)Nc1nccs1. The largest absolute Gasteiger partial charge is 0.372 e. The van der Waals surface area contributed by atoms with Gasteiger partial charge in [0.05, 0.1) is 0 Å². The monoisotopic (exact) mass is 338 g/mol. The van der Waals surface area contributed by atoms with E-state index in [1.807, 2.05) is 30.3 Å². The van der Waals surface area contributed by atoms with E-state index in [9.17, 15) is 10.1 Å². The molecule has 1 N–H and O–H groups in total. The molecule has 0 saturated carbocycles. The lowest BCUT2D eigenvalue weighted by molar-refractivity contribution is -0.112. The van der Waals surface area contributed by atoms with Crippen LogP contribution in [0.3, 0.4) is 0 Å². The highest BCUT2D eigenvalue weighted by atomic mass is 32.1. The van der Waals surface area contributed by atoms with Crippen molar-refractivity contribution in [2.75, 3.05) is 23.3 Å². The van der Waals surface area contributed by atoms with Crippen molar-refractivity contribution < 1.29 is 4.79 Å². The van der Waals surface area contributed by atoms with Crippen LogP contribution in [0.25, 0.3) is 6.08 Å². The van der Waals surface area contributed by atoms with Gasteiger partial charge in [-0.15, -0.1) is 11.3 Å². The summed E-state index contributed by atoms with van der Waals surface area (Å²) in [7, 11) is 0.